The number of amides is 1. The summed E-state index contributed by atoms with van der Waals surface area (Å²) in [4.78, 5) is 24.1. The Morgan fingerprint density at radius 1 is 1.04 bits per heavy atom. The van der Waals surface area contributed by atoms with Gasteiger partial charge in [-0.05, 0) is 11.1 Å². The first-order valence-corrected chi connectivity index (χ1v) is 8.82. The Balaban J connectivity index is 1.84. The Morgan fingerprint density at radius 3 is 2.24 bits per heavy atom. The second-order valence-electron chi connectivity index (χ2n) is 5.70. The smallest absolute Gasteiger partial charge is 0.307 e. The maximum Gasteiger partial charge on any atom is 0.307 e. The van der Waals surface area contributed by atoms with Crippen molar-refractivity contribution in [2.24, 2.45) is 5.73 Å². The SMILES string of the molecule is NC(=O)[C@H](NCc1ccccc1)c1csc(=O)n1Cc1ccccc1. The number of thiazole rings is 1. The van der Waals surface area contributed by atoms with Gasteiger partial charge < -0.3 is 5.73 Å². The Kier molecular flexibility index (Phi) is 5.42. The third kappa shape index (κ3) is 4.23. The van der Waals surface area contributed by atoms with E-state index in [0.717, 1.165) is 22.5 Å². The molecule has 1 heterocycles. The van der Waals surface area contributed by atoms with E-state index in [4.69, 9.17) is 5.73 Å². The minimum Gasteiger partial charge on any atom is -0.368 e. The van der Waals surface area contributed by atoms with Crippen molar-refractivity contribution in [3.63, 3.8) is 0 Å². The van der Waals surface area contributed by atoms with Crippen molar-refractivity contribution < 1.29 is 4.79 Å². The molecule has 0 radical (unpaired) electrons. The number of hydrogen-bond donors (Lipinski definition) is 2. The van der Waals surface area contributed by atoms with Crippen molar-refractivity contribution >= 4 is 17.2 Å². The minimum absolute atomic E-state index is 0.105. The highest BCUT2D eigenvalue weighted by molar-refractivity contribution is 7.07. The van der Waals surface area contributed by atoms with Gasteiger partial charge in [-0.2, -0.15) is 0 Å². The summed E-state index contributed by atoms with van der Waals surface area (Å²) in [5.41, 5.74) is 8.23. The average molecular weight is 353 g/mol. The van der Waals surface area contributed by atoms with Crippen molar-refractivity contribution in [3.8, 4) is 0 Å². The minimum atomic E-state index is -0.720. The number of aromatic nitrogens is 1. The van der Waals surface area contributed by atoms with Crippen LogP contribution >= 0.6 is 11.3 Å². The van der Waals surface area contributed by atoms with Gasteiger partial charge in [0, 0.05) is 11.9 Å². The van der Waals surface area contributed by atoms with Gasteiger partial charge in [0.25, 0.3) is 0 Å². The van der Waals surface area contributed by atoms with Crippen molar-refractivity contribution in [2.75, 3.05) is 0 Å². The molecule has 0 fully saturated rings. The summed E-state index contributed by atoms with van der Waals surface area (Å²) in [5.74, 6) is -0.504. The molecule has 0 bridgehead atoms. The normalized spacial score (nSPS) is 12.0. The largest absolute Gasteiger partial charge is 0.368 e. The van der Waals surface area contributed by atoms with Crippen LogP contribution in [0.25, 0.3) is 0 Å². The van der Waals surface area contributed by atoms with Gasteiger partial charge in [0.15, 0.2) is 0 Å². The molecule has 128 valence electrons. The second kappa shape index (κ2) is 7.92. The lowest BCUT2D eigenvalue weighted by Gasteiger charge is -2.17. The highest BCUT2D eigenvalue weighted by atomic mass is 32.1. The van der Waals surface area contributed by atoms with E-state index in [1.807, 2.05) is 60.7 Å². The van der Waals surface area contributed by atoms with E-state index in [9.17, 15) is 9.59 Å². The van der Waals surface area contributed by atoms with Crippen LogP contribution in [0.3, 0.4) is 0 Å². The molecular formula is C19H19N3O2S. The van der Waals surface area contributed by atoms with Crippen LogP contribution < -0.4 is 15.9 Å². The fourth-order valence-corrected chi connectivity index (χ4v) is 3.44. The number of nitrogens with one attached hydrogen (secondary N) is 1. The molecule has 0 saturated heterocycles. The predicted molar refractivity (Wildman–Crippen MR) is 99.3 cm³/mol. The molecule has 0 unspecified atom stereocenters. The third-order valence-corrected chi connectivity index (χ3v) is 4.71. The maximum absolute atomic E-state index is 12.2. The number of carbonyl (C=O) groups is 1. The molecule has 3 aromatic rings. The summed E-state index contributed by atoms with van der Waals surface area (Å²) in [5, 5.41) is 4.87. The molecule has 1 amide bonds. The molecule has 25 heavy (non-hydrogen) atoms. The number of primary amides is 1. The first-order chi connectivity index (χ1) is 12.1. The fraction of sp³-hybridized carbons (Fsp3) is 0.158. The fourth-order valence-electron chi connectivity index (χ4n) is 2.66. The van der Waals surface area contributed by atoms with E-state index >= 15 is 0 Å². The maximum atomic E-state index is 12.2. The standard InChI is InChI=1S/C19H19N3O2S/c20-18(23)17(21-11-14-7-3-1-4-8-14)16-13-25-19(24)22(16)12-15-9-5-2-6-10-15/h1-10,13,17,21H,11-12H2,(H2,20,23)/t17-/m1/s1. The molecule has 3 N–H and O–H groups in total. The number of hydrogen-bond acceptors (Lipinski definition) is 4. The highest BCUT2D eigenvalue weighted by Crippen LogP contribution is 2.16. The Labute approximate surface area is 149 Å². The molecule has 1 aromatic heterocycles. The molecule has 0 aliphatic rings. The van der Waals surface area contributed by atoms with Crippen molar-refractivity contribution in [1.29, 1.82) is 0 Å². The number of nitrogens with zero attached hydrogens (tertiary/aromatic N) is 1. The van der Waals surface area contributed by atoms with Crippen LogP contribution in [0.2, 0.25) is 0 Å². The molecule has 6 heteroatoms. The van der Waals surface area contributed by atoms with Gasteiger partial charge in [-0.25, -0.2) is 0 Å². The average Bonchev–Trinajstić information content (AvgIpc) is 2.97. The quantitative estimate of drug-likeness (QED) is 0.684. The van der Waals surface area contributed by atoms with E-state index in [2.05, 4.69) is 5.32 Å². The summed E-state index contributed by atoms with van der Waals surface area (Å²) in [6.07, 6.45) is 0. The van der Waals surface area contributed by atoms with Crippen LogP contribution in [-0.4, -0.2) is 10.5 Å². The molecule has 3 rings (SSSR count). The van der Waals surface area contributed by atoms with Gasteiger partial charge in [0.1, 0.15) is 6.04 Å². The van der Waals surface area contributed by atoms with Gasteiger partial charge in [0.2, 0.25) is 5.91 Å². The van der Waals surface area contributed by atoms with E-state index in [1.54, 1.807) is 9.95 Å². The summed E-state index contributed by atoms with van der Waals surface area (Å²) < 4.78 is 1.60. The predicted octanol–water partition coefficient (Wildman–Crippen LogP) is 2.27. The Hall–Kier alpha value is -2.70. The van der Waals surface area contributed by atoms with Gasteiger partial charge in [-0.1, -0.05) is 72.0 Å². The Morgan fingerprint density at radius 2 is 1.64 bits per heavy atom. The van der Waals surface area contributed by atoms with Crippen molar-refractivity contribution in [2.45, 2.75) is 19.1 Å². The number of benzene rings is 2. The van der Waals surface area contributed by atoms with Crippen molar-refractivity contribution in [1.82, 2.24) is 9.88 Å². The van der Waals surface area contributed by atoms with E-state index < -0.39 is 11.9 Å². The van der Waals surface area contributed by atoms with Crippen LogP contribution in [-0.2, 0) is 17.9 Å². The molecule has 0 saturated carbocycles. The topological polar surface area (TPSA) is 77.1 Å². The van der Waals surface area contributed by atoms with Crippen LogP contribution in [0.1, 0.15) is 22.9 Å². The van der Waals surface area contributed by atoms with E-state index in [0.29, 0.717) is 18.8 Å². The number of rotatable bonds is 7. The van der Waals surface area contributed by atoms with Crippen molar-refractivity contribution in [3.05, 3.63) is 92.5 Å². The number of nitrogens with two attached hydrogens (primary N) is 1. The zero-order valence-corrected chi connectivity index (χ0v) is 14.4. The van der Waals surface area contributed by atoms with Gasteiger partial charge in [-0.15, -0.1) is 0 Å². The molecule has 1 atom stereocenters. The van der Waals surface area contributed by atoms with E-state index in [1.165, 1.54) is 0 Å². The summed E-state index contributed by atoms with van der Waals surface area (Å²) in [6.45, 7) is 0.902. The lowest BCUT2D eigenvalue weighted by atomic mass is 10.1. The zero-order chi connectivity index (χ0) is 17.6. The molecule has 0 spiro atoms. The molecule has 5 nitrogen and oxygen atoms in total. The molecule has 2 aromatic carbocycles. The van der Waals surface area contributed by atoms with Crippen LogP contribution in [0.4, 0.5) is 0 Å². The summed E-state index contributed by atoms with van der Waals surface area (Å²) in [7, 11) is 0. The van der Waals surface area contributed by atoms with Crippen LogP contribution in [0, 0.1) is 0 Å². The van der Waals surface area contributed by atoms with Gasteiger partial charge in [-0.3, -0.25) is 19.5 Å². The molecule has 0 aliphatic heterocycles. The van der Waals surface area contributed by atoms with E-state index in [-0.39, 0.29) is 4.87 Å². The van der Waals surface area contributed by atoms with Crippen LogP contribution in [0.5, 0.6) is 0 Å². The number of carbonyl (C=O) groups excluding carboxylic acids is 1. The zero-order valence-electron chi connectivity index (χ0n) is 13.6. The first-order valence-electron chi connectivity index (χ1n) is 7.94. The molecular weight excluding hydrogens is 334 g/mol. The summed E-state index contributed by atoms with van der Waals surface area (Å²) in [6, 6.07) is 18.7. The van der Waals surface area contributed by atoms with Gasteiger partial charge >= 0.3 is 4.87 Å². The first kappa shape index (κ1) is 17.1. The Bertz CT molecular complexity index is 888. The second-order valence-corrected chi connectivity index (χ2v) is 6.52. The van der Waals surface area contributed by atoms with Gasteiger partial charge in [0.05, 0.1) is 12.2 Å². The lowest BCUT2D eigenvalue weighted by molar-refractivity contribution is -0.120. The monoisotopic (exact) mass is 353 g/mol. The molecule has 0 aliphatic carbocycles. The third-order valence-electron chi connectivity index (χ3n) is 3.93. The highest BCUT2D eigenvalue weighted by Gasteiger charge is 2.22. The van der Waals surface area contributed by atoms with Crippen LogP contribution in [0.15, 0.2) is 70.8 Å². The summed E-state index contributed by atoms with van der Waals surface area (Å²) >= 11 is 1.08. The lowest BCUT2D eigenvalue weighted by Crippen LogP contribution is -2.36.